The van der Waals surface area contributed by atoms with E-state index >= 15 is 0 Å². The van der Waals surface area contributed by atoms with Crippen molar-refractivity contribution < 1.29 is 48.8 Å². The molecule has 0 aromatic heterocycles. The summed E-state index contributed by atoms with van der Waals surface area (Å²) in [5, 5.41) is 35.5. The smallest absolute Gasteiger partial charge is 0.326 e. The lowest BCUT2D eigenvalue weighted by Gasteiger charge is -2.60. The zero-order valence-electron chi connectivity index (χ0n) is 28.0. The number of hydrogen-bond donors (Lipinski definition) is 4. The van der Waals surface area contributed by atoms with Crippen molar-refractivity contribution in [3.63, 3.8) is 0 Å². The average molecular weight is 659 g/mol. The maximum atomic E-state index is 13.5. The third-order valence-electron chi connectivity index (χ3n) is 12.5. The molecule has 12 nitrogen and oxygen atoms in total. The van der Waals surface area contributed by atoms with E-state index in [4.69, 9.17) is 4.74 Å². The van der Waals surface area contributed by atoms with E-state index in [-0.39, 0.29) is 60.6 Å². The van der Waals surface area contributed by atoms with Gasteiger partial charge in [0, 0.05) is 24.8 Å². The first-order valence-corrected chi connectivity index (χ1v) is 17.2. The number of fused-ring (bicyclic) bond motifs is 5. The first-order valence-electron chi connectivity index (χ1n) is 17.2. The summed E-state index contributed by atoms with van der Waals surface area (Å²) >= 11 is 0. The van der Waals surface area contributed by atoms with E-state index in [1.807, 2.05) is 6.92 Å². The molecule has 0 unspecified atom stereocenters. The monoisotopic (exact) mass is 658 g/mol. The molecule has 4 fully saturated rings. The van der Waals surface area contributed by atoms with Crippen LogP contribution in [0.15, 0.2) is 11.6 Å². The number of carbonyl (C=O) groups is 6. The van der Waals surface area contributed by atoms with Crippen LogP contribution in [0.3, 0.4) is 0 Å². The van der Waals surface area contributed by atoms with E-state index in [1.54, 1.807) is 19.9 Å². The summed E-state index contributed by atoms with van der Waals surface area (Å²) in [5.74, 6) is -3.75. The van der Waals surface area contributed by atoms with E-state index in [0.717, 1.165) is 18.4 Å². The number of hydrogen-bond acceptors (Lipinski definition) is 9. The van der Waals surface area contributed by atoms with Crippen molar-refractivity contribution in [2.75, 3.05) is 13.2 Å². The van der Waals surface area contributed by atoms with E-state index in [1.165, 1.54) is 4.90 Å². The summed E-state index contributed by atoms with van der Waals surface area (Å²) in [6.45, 7) is 7.11. The summed E-state index contributed by atoms with van der Waals surface area (Å²) in [4.78, 5) is 76.9. The summed E-state index contributed by atoms with van der Waals surface area (Å²) in [7, 11) is 0. The molecule has 1 heterocycles. The summed E-state index contributed by atoms with van der Waals surface area (Å²) in [5.41, 5.74) is -1.88. The topological polar surface area (TPSA) is 188 Å². The molecule has 5 rings (SSSR count). The number of rotatable bonds is 10. The maximum Gasteiger partial charge on any atom is 0.326 e. The fourth-order valence-corrected chi connectivity index (χ4v) is 9.93. The van der Waals surface area contributed by atoms with Crippen LogP contribution >= 0.6 is 0 Å². The minimum Gasteiger partial charge on any atom is -0.480 e. The lowest BCUT2D eigenvalue weighted by Crippen LogP contribution is -2.62. The molecule has 5 aliphatic rings. The highest BCUT2D eigenvalue weighted by Crippen LogP contribution is 2.67. The normalized spacial score (nSPS) is 36.9. The molecule has 4 N–H and O–H groups in total. The third-order valence-corrected chi connectivity index (χ3v) is 12.5. The number of nitrogens with one attached hydrogen (secondary N) is 1. The quantitative estimate of drug-likeness (QED) is 0.254. The number of carboxylic acids is 1. The SMILES string of the molecule is CC(C)[C@H](NC(=O)CCC(=O)OCC(=O)[C@@]1(O)CC[C@@H]2[C@@H]3CCC4=CC(=O)CC[C@]4(C)[C@@H]3[C@H](O)C[C@@]21C)C(=O)N1CCC[C@H]1C(=O)O. The van der Waals surface area contributed by atoms with Gasteiger partial charge in [-0.3, -0.25) is 24.0 Å². The van der Waals surface area contributed by atoms with Gasteiger partial charge in [-0.15, -0.1) is 0 Å². The maximum absolute atomic E-state index is 13.5. The second kappa shape index (κ2) is 13.1. The minimum atomic E-state index is -1.78. The van der Waals surface area contributed by atoms with Gasteiger partial charge in [-0.2, -0.15) is 0 Å². The van der Waals surface area contributed by atoms with Gasteiger partial charge >= 0.3 is 11.9 Å². The Morgan fingerprint density at radius 3 is 2.47 bits per heavy atom. The van der Waals surface area contributed by atoms with Gasteiger partial charge in [0.15, 0.2) is 12.4 Å². The Morgan fingerprint density at radius 1 is 1.06 bits per heavy atom. The predicted molar refractivity (Wildman–Crippen MR) is 167 cm³/mol. The number of carboxylic acid groups (broad SMARTS) is 1. The molecule has 1 aliphatic heterocycles. The van der Waals surface area contributed by atoms with Gasteiger partial charge in [0.1, 0.15) is 17.7 Å². The number of aliphatic hydroxyl groups excluding tert-OH is 1. The largest absolute Gasteiger partial charge is 0.480 e. The van der Waals surface area contributed by atoms with Crippen molar-refractivity contribution in [1.82, 2.24) is 10.2 Å². The Hall–Kier alpha value is -3.12. The van der Waals surface area contributed by atoms with Crippen molar-refractivity contribution >= 4 is 35.3 Å². The number of esters is 1. The van der Waals surface area contributed by atoms with E-state index in [0.29, 0.717) is 38.6 Å². The predicted octanol–water partition coefficient (Wildman–Crippen LogP) is 2.33. The molecule has 0 bridgehead atoms. The number of aliphatic carboxylic acids is 1. The van der Waals surface area contributed by atoms with Crippen molar-refractivity contribution in [3.05, 3.63) is 11.6 Å². The van der Waals surface area contributed by atoms with Crippen molar-refractivity contribution in [1.29, 1.82) is 0 Å². The molecule has 0 spiro atoms. The fourth-order valence-electron chi connectivity index (χ4n) is 9.93. The van der Waals surface area contributed by atoms with Crippen LogP contribution in [0.1, 0.15) is 98.3 Å². The van der Waals surface area contributed by atoms with Crippen LogP contribution in [-0.2, 0) is 33.5 Å². The second-order valence-corrected chi connectivity index (χ2v) is 15.4. The Kier molecular flexibility index (Phi) is 9.78. The number of allylic oxidation sites excluding steroid dienone is 1. The molecule has 9 atom stereocenters. The first kappa shape index (κ1) is 35.2. The molecule has 2 amide bonds. The van der Waals surface area contributed by atoms with Crippen molar-refractivity contribution in [2.45, 2.75) is 122 Å². The van der Waals surface area contributed by atoms with E-state index in [9.17, 15) is 44.1 Å². The van der Waals surface area contributed by atoms with Crippen LogP contribution in [0.5, 0.6) is 0 Å². The molecule has 3 saturated carbocycles. The van der Waals surface area contributed by atoms with E-state index < -0.39 is 65.3 Å². The van der Waals surface area contributed by atoms with Gasteiger partial charge in [-0.1, -0.05) is 33.3 Å². The third kappa shape index (κ3) is 6.16. The van der Waals surface area contributed by atoms with E-state index in [2.05, 4.69) is 12.2 Å². The second-order valence-electron chi connectivity index (χ2n) is 15.4. The Balaban J connectivity index is 1.15. The number of aliphatic hydroxyl groups is 2. The van der Waals surface area contributed by atoms with Crippen molar-refractivity contribution in [3.8, 4) is 0 Å². The summed E-state index contributed by atoms with van der Waals surface area (Å²) < 4.78 is 5.24. The van der Waals surface area contributed by atoms with Gasteiger partial charge in [-0.05, 0) is 86.5 Å². The highest BCUT2D eigenvalue weighted by atomic mass is 16.5. The highest BCUT2D eigenvalue weighted by Gasteiger charge is 2.68. The van der Waals surface area contributed by atoms with Gasteiger partial charge in [0.2, 0.25) is 17.6 Å². The van der Waals surface area contributed by atoms with Gasteiger partial charge in [0.25, 0.3) is 0 Å². The lowest BCUT2D eigenvalue weighted by molar-refractivity contribution is -0.184. The molecule has 4 aliphatic carbocycles. The average Bonchev–Trinajstić information content (AvgIpc) is 3.61. The number of likely N-dealkylation sites (tertiary alicyclic amines) is 1. The zero-order chi connectivity index (χ0) is 34.5. The van der Waals surface area contributed by atoms with Crippen LogP contribution in [0, 0.1) is 34.5 Å². The van der Waals surface area contributed by atoms with Crippen LogP contribution < -0.4 is 5.32 Å². The molecular weight excluding hydrogens is 608 g/mol. The molecular formula is C35H50N2O10. The minimum absolute atomic E-state index is 0.0109. The zero-order valence-corrected chi connectivity index (χ0v) is 28.0. The molecule has 12 heteroatoms. The Labute approximate surface area is 275 Å². The number of ether oxygens (including phenoxy) is 1. The lowest BCUT2D eigenvalue weighted by atomic mass is 9.45. The first-order chi connectivity index (χ1) is 22.0. The van der Waals surface area contributed by atoms with Crippen LogP contribution in [-0.4, -0.2) is 92.5 Å². The number of Topliss-reactive ketones (excluding diaryl/α,β-unsaturated/α-hetero) is 1. The van der Waals surface area contributed by atoms with Gasteiger partial charge in [0.05, 0.1) is 12.5 Å². The molecule has 47 heavy (non-hydrogen) atoms. The molecule has 260 valence electrons. The van der Waals surface area contributed by atoms with Crippen LogP contribution in [0.2, 0.25) is 0 Å². The Morgan fingerprint density at radius 2 is 1.79 bits per heavy atom. The molecule has 0 radical (unpaired) electrons. The Bertz CT molecular complexity index is 1360. The standard InChI is InChI=1S/C35H50N2O10/c1-19(2)30(31(43)37-15-5-6-24(37)32(44)45)36-27(41)9-10-28(42)47-18-26(40)35(46)14-12-23-22-8-7-20-16-21(38)11-13-33(20,3)29(22)25(39)17-34(23,35)4/h16,19,22-25,29-30,39,46H,5-15,17-18H2,1-4H3,(H,36,41)(H,44,45)/t22-,23+,24-,25+,29-,30-,33-,34-,35-/m0/s1. The molecule has 0 aromatic carbocycles. The summed E-state index contributed by atoms with van der Waals surface area (Å²) in [6.07, 6.45) is 4.97. The summed E-state index contributed by atoms with van der Waals surface area (Å²) in [6, 6.07) is -1.88. The molecule has 0 aromatic rings. The highest BCUT2D eigenvalue weighted by molar-refractivity contribution is 5.93. The number of amides is 2. The van der Waals surface area contributed by atoms with Gasteiger partial charge < -0.3 is 30.3 Å². The fraction of sp³-hybridized carbons (Fsp3) is 0.771. The number of ketones is 2. The van der Waals surface area contributed by atoms with Crippen LogP contribution in [0.4, 0.5) is 0 Å². The van der Waals surface area contributed by atoms with Crippen LogP contribution in [0.25, 0.3) is 0 Å². The number of nitrogens with zero attached hydrogens (tertiary/aromatic N) is 1. The number of carbonyl (C=O) groups excluding carboxylic acids is 5. The molecule has 1 saturated heterocycles. The van der Waals surface area contributed by atoms with Crippen molar-refractivity contribution in [2.24, 2.45) is 34.5 Å². The van der Waals surface area contributed by atoms with Gasteiger partial charge in [-0.25, -0.2) is 4.79 Å².